The minimum absolute atomic E-state index is 0.196. The maximum Gasteiger partial charge on any atom is 0.329 e. The van der Waals surface area contributed by atoms with Crippen LogP contribution in [0.2, 0.25) is 5.02 Å². The molecule has 0 spiro atoms. The Bertz CT molecular complexity index is 1300. The first-order valence-electron chi connectivity index (χ1n) is 10.0. The van der Waals surface area contributed by atoms with Crippen molar-refractivity contribution >= 4 is 29.4 Å². The number of aromatic nitrogens is 5. The normalized spacial score (nSPS) is 14.0. The number of aryl methyl sites for hydroxylation is 1. The molecule has 0 aliphatic carbocycles. The molecule has 4 heterocycles. The molecule has 1 aliphatic rings. The number of carbonyl (C=O) groups excluding carboxylic acids is 1. The van der Waals surface area contributed by atoms with E-state index >= 15 is 0 Å². The molecule has 4 aromatic rings. The van der Waals surface area contributed by atoms with Crippen LogP contribution in [-0.2, 0) is 13.6 Å². The number of anilines is 2. The number of aliphatic hydroxyl groups excluding tert-OH is 1. The second kappa shape index (κ2) is 8.10. The van der Waals surface area contributed by atoms with E-state index in [1.807, 2.05) is 31.3 Å². The lowest BCUT2D eigenvalue weighted by molar-refractivity contribution is 0.141. The predicted octanol–water partition coefficient (Wildman–Crippen LogP) is 3.59. The molecule has 32 heavy (non-hydrogen) atoms. The number of aliphatic hydroxyl groups is 1. The summed E-state index contributed by atoms with van der Waals surface area (Å²) in [5, 5.41) is 17.8. The maximum atomic E-state index is 13.1. The fourth-order valence-electron chi connectivity index (χ4n) is 3.86. The SMILES string of the molecule is Cn1nccc1Nc1nccc(-c2cc3n(c2)C(=O)N(C(CO)c2cccc(Cl)c2)C3)n1. The van der Waals surface area contributed by atoms with Crippen LogP contribution >= 0.6 is 11.6 Å². The van der Waals surface area contributed by atoms with E-state index in [0.29, 0.717) is 23.2 Å². The number of halogens is 1. The molecule has 1 unspecified atom stereocenters. The number of nitrogens with zero attached hydrogens (tertiary/aromatic N) is 6. The lowest BCUT2D eigenvalue weighted by atomic mass is 10.1. The highest BCUT2D eigenvalue weighted by molar-refractivity contribution is 6.30. The van der Waals surface area contributed by atoms with E-state index in [1.165, 1.54) is 0 Å². The molecule has 0 saturated carbocycles. The van der Waals surface area contributed by atoms with Crippen LogP contribution < -0.4 is 5.32 Å². The topological polar surface area (TPSA) is 101 Å². The Labute approximate surface area is 188 Å². The van der Waals surface area contributed by atoms with Gasteiger partial charge in [0.25, 0.3) is 0 Å². The summed E-state index contributed by atoms with van der Waals surface area (Å²) >= 11 is 6.10. The van der Waals surface area contributed by atoms with Crippen LogP contribution in [0.25, 0.3) is 11.3 Å². The Morgan fingerprint density at radius 3 is 2.81 bits per heavy atom. The fourth-order valence-corrected chi connectivity index (χ4v) is 4.06. The van der Waals surface area contributed by atoms with Gasteiger partial charge < -0.3 is 15.3 Å². The first-order valence-corrected chi connectivity index (χ1v) is 10.4. The van der Waals surface area contributed by atoms with Gasteiger partial charge in [0, 0.05) is 41.8 Å². The van der Waals surface area contributed by atoms with Gasteiger partial charge in [0.05, 0.1) is 31.1 Å². The lowest BCUT2D eigenvalue weighted by Gasteiger charge is -2.26. The van der Waals surface area contributed by atoms with E-state index in [1.54, 1.807) is 50.9 Å². The molecule has 10 heteroatoms. The number of fused-ring (bicyclic) bond motifs is 1. The maximum absolute atomic E-state index is 13.1. The Morgan fingerprint density at radius 2 is 2.09 bits per heavy atom. The molecule has 9 nitrogen and oxygen atoms in total. The minimum Gasteiger partial charge on any atom is -0.394 e. The first-order chi connectivity index (χ1) is 15.5. The third kappa shape index (κ3) is 3.61. The number of amides is 1. The third-order valence-electron chi connectivity index (χ3n) is 5.48. The zero-order valence-electron chi connectivity index (χ0n) is 17.2. The van der Waals surface area contributed by atoms with Crippen molar-refractivity contribution in [2.45, 2.75) is 12.6 Å². The Kier molecular flexibility index (Phi) is 5.12. The summed E-state index contributed by atoms with van der Waals surface area (Å²) in [5.74, 6) is 1.20. The van der Waals surface area contributed by atoms with Crippen molar-refractivity contribution in [1.29, 1.82) is 0 Å². The molecule has 1 aromatic carbocycles. The quantitative estimate of drug-likeness (QED) is 0.466. The van der Waals surface area contributed by atoms with Crippen LogP contribution in [-0.4, -0.2) is 47.0 Å². The van der Waals surface area contributed by atoms with Gasteiger partial charge in [0.15, 0.2) is 0 Å². The van der Waals surface area contributed by atoms with E-state index in [9.17, 15) is 9.90 Å². The van der Waals surface area contributed by atoms with Crippen LogP contribution in [0.4, 0.5) is 16.6 Å². The second-order valence-corrected chi connectivity index (χ2v) is 7.92. The molecule has 2 N–H and O–H groups in total. The summed E-state index contributed by atoms with van der Waals surface area (Å²) in [4.78, 5) is 23.6. The number of benzene rings is 1. The van der Waals surface area contributed by atoms with Crippen molar-refractivity contribution in [3.05, 3.63) is 77.3 Å². The largest absolute Gasteiger partial charge is 0.394 e. The lowest BCUT2D eigenvalue weighted by Crippen LogP contribution is -2.32. The van der Waals surface area contributed by atoms with Crippen LogP contribution in [0, 0.1) is 0 Å². The average Bonchev–Trinajstić information content (AvgIpc) is 3.46. The monoisotopic (exact) mass is 449 g/mol. The molecule has 1 amide bonds. The number of nitrogens with one attached hydrogen (secondary N) is 1. The molecule has 0 fully saturated rings. The van der Waals surface area contributed by atoms with E-state index in [4.69, 9.17) is 11.6 Å². The van der Waals surface area contributed by atoms with Gasteiger partial charge in [-0.1, -0.05) is 23.7 Å². The summed E-state index contributed by atoms with van der Waals surface area (Å²) in [7, 11) is 1.82. The van der Waals surface area contributed by atoms with Crippen LogP contribution in [0.3, 0.4) is 0 Å². The molecule has 0 bridgehead atoms. The number of hydrogen-bond donors (Lipinski definition) is 2. The molecule has 0 radical (unpaired) electrons. The molecule has 0 saturated heterocycles. The van der Waals surface area contributed by atoms with Crippen LogP contribution in [0.15, 0.2) is 61.1 Å². The number of hydrogen-bond acceptors (Lipinski definition) is 6. The average molecular weight is 450 g/mol. The Morgan fingerprint density at radius 1 is 1.22 bits per heavy atom. The standard InChI is InChI=1S/C22H20ClN7O2/c1-28-20(6-8-25-28)27-21-24-7-5-18(26-21)15-10-17-12-30(22(32)29(17)11-15)19(13-31)14-3-2-4-16(23)9-14/h2-11,19,31H,12-13H2,1H3,(H,24,26,27). The van der Waals surface area contributed by atoms with Gasteiger partial charge in [0.1, 0.15) is 5.82 Å². The van der Waals surface area contributed by atoms with Crippen molar-refractivity contribution < 1.29 is 9.90 Å². The first kappa shape index (κ1) is 20.2. The van der Waals surface area contributed by atoms with Gasteiger partial charge in [-0.05, 0) is 29.8 Å². The molecular weight excluding hydrogens is 430 g/mol. The Hall–Kier alpha value is -3.69. The van der Waals surface area contributed by atoms with Gasteiger partial charge in [0.2, 0.25) is 5.95 Å². The van der Waals surface area contributed by atoms with Gasteiger partial charge in [-0.2, -0.15) is 5.10 Å². The highest BCUT2D eigenvalue weighted by Crippen LogP contribution is 2.32. The summed E-state index contributed by atoms with van der Waals surface area (Å²) in [6.07, 6.45) is 5.12. The van der Waals surface area contributed by atoms with Gasteiger partial charge in [-0.25, -0.2) is 14.8 Å². The molecule has 5 rings (SSSR count). The third-order valence-corrected chi connectivity index (χ3v) is 5.71. The van der Waals surface area contributed by atoms with Gasteiger partial charge in [-0.15, -0.1) is 0 Å². The molecule has 1 atom stereocenters. The smallest absolute Gasteiger partial charge is 0.329 e. The molecule has 3 aromatic heterocycles. The zero-order chi connectivity index (χ0) is 22.2. The predicted molar refractivity (Wildman–Crippen MR) is 120 cm³/mol. The second-order valence-electron chi connectivity index (χ2n) is 7.48. The molecular formula is C22H20ClN7O2. The summed E-state index contributed by atoms with van der Waals surface area (Å²) in [6.45, 7) is 0.181. The molecule has 1 aliphatic heterocycles. The zero-order valence-corrected chi connectivity index (χ0v) is 17.9. The summed E-state index contributed by atoms with van der Waals surface area (Å²) < 4.78 is 3.28. The van der Waals surface area contributed by atoms with Gasteiger partial charge in [-0.3, -0.25) is 9.25 Å². The van der Waals surface area contributed by atoms with Crippen molar-refractivity contribution in [3.8, 4) is 11.3 Å². The number of rotatable bonds is 6. The van der Waals surface area contributed by atoms with Crippen molar-refractivity contribution in [2.24, 2.45) is 7.05 Å². The van der Waals surface area contributed by atoms with E-state index in [-0.39, 0.29) is 12.6 Å². The molecule has 162 valence electrons. The van der Waals surface area contributed by atoms with Crippen LogP contribution in [0.1, 0.15) is 17.3 Å². The van der Waals surface area contributed by atoms with Crippen molar-refractivity contribution in [2.75, 3.05) is 11.9 Å². The summed E-state index contributed by atoms with van der Waals surface area (Å²) in [5.41, 5.74) is 3.12. The van der Waals surface area contributed by atoms with Crippen molar-refractivity contribution in [1.82, 2.24) is 29.2 Å². The minimum atomic E-state index is -0.474. The van der Waals surface area contributed by atoms with E-state index in [0.717, 1.165) is 22.6 Å². The highest BCUT2D eigenvalue weighted by atomic mass is 35.5. The van der Waals surface area contributed by atoms with Gasteiger partial charge >= 0.3 is 6.03 Å². The van der Waals surface area contributed by atoms with E-state index in [2.05, 4.69) is 20.4 Å². The Balaban J connectivity index is 1.39. The number of carbonyl (C=O) groups is 1. The van der Waals surface area contributed by atoms with Crippen LogP contribution in [0.5, 0.6) is 0 Å². The van der Waals surface area contributed by atoms with Crippen molar-refractivity contribution in [3.63, 3.8) is 0 Å². The fraction of sp³-hybridized carbons (Fsp3) is 0.182. The van der Waals surface area contributed by atoms with E-state index < -0.39 is 6.04 Å². The highest BCUT2D eigenvalue weighted by Gasteiger charge is 2.34. The summed E-state index contributed by atoms with van der Waals surface area (Å²) in [6, 6.07) is 12.1.